The minimum absolute atomic E-state index is 0.188. The molecule has 2 heterocycles. The van der Waals surface area contributed by atoms with Crippen molar-refractivity contribution in [3.63, 3.8) is 0 Å². The van der Waals surface area contributed by atoms with Crippen LogP contribution in [0.4, 0.5) is 11.4 Å². The smallest absolute Gasteiger partial charge is 0.276 e. The van der Waals surface area contributed by atoms with Crippen LogP contribution in [-0.2, 0) is 6.42 Å². The number of nitrogens with one attached hydrogen (secondary N) is 1. The first-order valence-corrected chi connectivity index (χ1v) is 9.70. The zero-order valence-electron chi connectivity index (χ0n) is 16.8. The summed E-state index contributed by atoms with van der Waals surface area (Å²) in [4.78, 5) is 31.9. The van der Waals surface area contributed by atoms with Gasteiger partial charge in [-0.1, -0.05) is 42.0 Å². The minimum Gasteiger partial charge on any atom is -0.320 e. The van der Waals surface area contributed by atoms with Crippen molar-refractivity contribution in [2.75, 3.05) is 16.8 Å². The van der Waals surface area contributed by atoms with E-state index in [-0.39, 0.29) is 23.2 Å². The Morgan fingerprint density at radius 3 is 2.38 bits per heavy atom. The molecule has 0 unspecified atom stereocenters. The second-order valence-electron chi connectivity index (χ2n) is 7.47. The molecule has 1 aliphatic heterocycles. The molecule has 1 N–H and O–H groups in total. The summed E-state index contributed by atoms with van der Waals surface area (Å²) in [6.45, 7) is 6.58. The lowest BCUT2D eigenvalue weighted by atomic mass is 10.0. The highest BCUT2D eigenvalue weighted by Crippen LogP contribution is 2.28. The average Bonchev–Trinajstić information content (AvgIpc) is 3.14. The Kier molecular flexibility index (Phi) is 4.89. The van der Waals surface area contributed by atoms with Gasteiger partial charge in [0.25, 0.3) is 11.8 Å². The fourth-order valence-electron chi connectivity index (χ4n) is 3.92. The number of nitrogens with zero attached hydrogens (tertiary/aromatic N) is 2. The van der Waals surface area contributed by atoms with Crippen molar-refractivity contribution < 1.29 is 9.59 Å². The molecular weight excluding hydrogens is 362 g/mol. The number of carbonyl (C=O) groups is 2. The van der Waals surface area contributed by atoms with E-state index in [0.717, 1.165) is 40.0 Å². The van der Waals surface area contributed by atoms with Crippen molar-refractivity contribution in [3.8, 4) is 0 Å². The molecule has 0 atom stereocenters. The zero-order chi connectivity index (χ0) is 20.5. The average molecular weight is 385 g/mol. The van der Waals surface area contributed by atoms with Crippen LogP contribution in [0, 0.1) is 20.8 Å². The number of rotatable bonds is 3. The molecule has 0 spiro atoms. The van der Waals surface area contributed by atoms with Crippen LogP contribution in [0.3, 0.4) is 0 Å². The van der Waals surface area contributed by atoms with Gasteiger partial charge < -0.3 is 10.2 Å². The highest BCUT2D eigenvalue weighted by Gasteiger charge is 2.26. The van der Waals surface area contributed by atoms with E-state index in [1.54, 1.807) is 23.1 Å². The molecule has 5 nitrogen and oxygen atoms in total. The van der Waals surface area contributed by atoms with E-state index in [9.17, 15) is 9.59 Å². The van der Waals surface area contributed by atoms with Crippen LogP contribution in [0.25, 0.3) is 0 Å². The monoisotopic (exact) mass is 385 g/mol. The van der Waals surface area contributed by atoms with E-state index in [1.807, 2.05) is 57.2 Å². The third-order valence-electron chi connectivity index (χ3n) is 5.25. The van der Waals surface area contributed by atoms with Crippen LogP contribution < -0.4 is 10.2 Å². The summed E-state index contributed by atoms with van der Waals surface area (Å²) in [5, 5.41) is 2.95. The fourth-order valence-corrected chi connectivity index (χ4v) is 3.92. The van der Waals surface area contributed by atoms with Gasteiger partial charge in [-0.25, -0.2) is 4.98 Å². The van der Waals surface area contributed by atoms with Gasteiger partial charge in [0, 0.05) is 17.9 Å². The number of para-hydroxylation sites is 1. The molecule has 0 saturated carbocycles. The van der Waals surface area contributed by atoms with Gasteiger partial charge in [-0.3, -0.25) is 9.59 Å². The Morgan fingerprint density at radius 1 is 0.931 bits per heavy atom. The number of anilines is 2. The Labute approximate surface area is 170 Å². The van der Waals surface area contributed by atoms with Gasteiger partial charge in [-0.2, -0.15) is 0 Å². The quantitative estimate of drug-likeness (QED) is 0.724. The number of hydrogen-bond donors (Lipinski definition) is 1. The summed E-state index contributed by atoms with van der Waals surface area (Å²) in [5.41, 5.74) is 6.49. The van der Waals surface area contributed by atoms with Gasteiger partial charge in [-0.05, 0) is 62.1 Å². The second-order valence-corrected chi connectivity index (χ2v) is 7.47. The van der Waals surface area contributed by atoms with Gasteiger partial charge in [0.05, 0.1) is 0 Å². The summed E-state index contributed by atoms with van der Waals surface area (Å²) in [5.74, 6) is -0.510. The fraction of sp³-hybridized carbons (Fsp3) is 0.208. The van der Waals surface area contributed by atoms with Crippen molar-refractivity contribution in [1.82, 2.24) is 4.98 Å². The van der Waals surface area contributed by atoms with Gasteiger partial charge in [0.1, 0.15) is 11.4 Å². The number of aryl methyl sites for hydroxylation is 3. The van der Waals surface area contributed by atoms with E-state index in [0.29, 0.717) is 6.54 Å². The Hall–Kier alpha value is -3.47. The number of aromatic nitrogens is 1. The molecule has 146 valence electrons. The summed E-state index contributed by atoms with van der Waals surface area (Å²) in [7, 11) is 0. The molecule has 0 radical (unpaired) electrons. The van der Waals surface area contributed by atoms with Gasteiger partial charge >= 0.3 is 0 Å². The first-order chi connectivity index (χ1) is 13.9. The van der Waals surface area contributed by atoms with Crippen molar-refractivity contribution in [3.05, 3.63) is 88.2 Å². The maximum Gasteiger partial charge on any atom is 0.276 e. The number of hydrogen-bond acceptors (Lipinski definition) is 3. The van der Waals surface area contributed by atoms with Crippen molar-refractivity contribution in [2.24, 2.45) is 0 Å². The molecule has 3 aromatic rings. The SMILES string of the molecule is Cc1cc(C)c(NC(=O)c2cccc(C(=O)N3CCc4ccccc43)n2)c(C)c1. The third kappa shape index (κ3) is 3.63. The molecule has 5 heteroatoms. The number of amides is 2. The van der Waals surface area contributed by atoms with E-state index >= 15 is 0 Å². The number of carbonyl (C=O) groups excluding carboxylic acids is 2. The molecule has 1 aromatic heterocycles. The van der Waals surface area contributed by atoms with E-state index in [4.69, 9.17) is 0 Å². The molecule has 4 rings (SSSR count). The van der Waals surface area contributed by atoms with Crippen molar-refractivity contribution in [1.29, 1.82) is 0 Å². The van der Waals surface area contributed by atoms with Crippen molar-refractivity contribution in [2.45, 2.75) is 27.2 Å². The van der Waals surface area contributed by atoms with Crippen molar-refractivity contribution >= 4 is 23.2 Å². The van der Waals surface area contributed by atoms with Crippen LogP contribution in [0.15, 0.2) is 54.6 Å². The van der Waals surface area contributed by atoms with Crippen LogP contribution in [0.2, 0.25) is 0 Å². The lowest BCUT2D eigenvalue weighted by Crippen LogP contribution is -2.30. The van der Waals surface area contributed by atoms with Gasteiger partial charge in [-0.15, -0.1) is 0 Å². The first kappa shape index (κ1) is 18.9. The molecule has 2 aromatic carbocycles. The van der Waals surface area contributed by atoms with E-state index in [2.05, 4.69) is 10.3 Å². The van der Waals surface area contributed by atoms with Gasteiger partial charge in [0.2, 0.25) is 0 Å². The first-order valence-electron chi connectivity index (χ1n) is 9.70. The molecule has 0 bridgehead atoms. The van der Waals surface area contributed by atoms with E-state index < -0.39 is 0 Å². The predicted molar refractivity (Wildman–Crippen MR) is 115 cm³/mol. The highest BCUT2D eigenvalue weighted by atomic mass is 16.2. The topological polar surface area (TPSA) is 62.3 Å². The van der Waals surface area contributed by atoms with Crippen LogP contribution in [0.1, 0.15) is 43.2 Å². The molecule has 1 aliphatic rings. The molecule has 2 amide bonds. The standard InChI is InChI=1S/C24H23N3O2/c1-15-13-16(2)22(17(3)14-15)26-23(28)19-8-6-9-20(25-19)24(29)27-12-11-18-7-4-5-10-21(18)27/h4-10,13-14H,11-12H2,1-3H3,(H,26,28). The number of fused-ring (bicyclic) bond motifs is 1. The predicted octanol–water partition coefficient (Wildman–Crippen LogP) is 4.46. The summed E-state index contributed by atoms with van der Waals surface area (Å²) >= 11 is 0. The van der Waals surface area contributed by atoms with Crippen LogP contribution in [0.5, 0.6) is 0 Å². The van der Waals surface area contributed by atoms with Gasteiger partial charge in [0.15, 0.2) is 0 Å². The lowest BCUT2D eigenvalue weighted by Gasteiger charge is -2.17. The molecule has 0 aliphatic carbocycles. The van der Waals surface area contributed by atoms with Crippen LogP contribution in [-0.4, -0.2) is 23.3 Å². The largest absolute Gasteiger partial charge is 0.320 e. The van der Waals surface area contributed by atoms with E-state index in [1.165, 1.54) is 0 Å². The Bertz CT molecular complexity index is 1100. The summed E-state index contributed by atoms with van der Waals surface area (Å²) < 4.78 is 0. The molecule has 0 fully saturated rings. The maximum atomic E-state index is 13.0. The zero-order valence-corrected chi connectivity index (χ0v) is 16.8. The Balaban J connectivity index is 1.58. The number of pyridine rings is 1. The molecule has 0 saturated heterocycles. The maximum absolute atomic E-state index is 13.0. The van der Waals surface area contributed by atoms with Crippen LogP contribution >= 0.6 is 0 Å². The summed E-state index contributed by atoms with van der Waals surface area (Å²) in [6.07, 6.45) is 0.827. The molecular formula is C24H23N3O2. The minimum atomic E-state index is -0.323. The number of benzene rings is 2. The summed E-state index contributed by atoms with van der Waals surface area (Å²) in [6, 6.07) is 16.9. The molecule has 29 heavy (non-hydrogen) atoms. The highest BCUT2D eigenvalue weighted by molar-refractivity contribution is 6.08. The Morgan fingerprint density at radius 2 is 1.62 bits per heavy atom. The third-order valence-corrected chi connectivity index (χ3v) is 5.25. The lowest BCUT2D eigenvalue weighted by molar-refractivity contribution is 0.0984. The normalized spacial score (nSPS) is 12.6. The second kappa shape index (κ2) is 7.51.